The highest BCUT2D eigenvalue weighted by molar-refractivity contribution is 5.99. The summed E-state index contributed by atoms with van der Waals surface area (Å²) in [6.07, 6.45) is 4.43. The van der Waals surface area contributed by atoms with Crippen LogP contribution in [-0.2, 0) is 0 Å². The molecule has 0 aliphatic heterocycles. The summed E-state index contributed by atoms with van der Waals surface area (Å²) in [5, 5.41) is 7.06. The Kier molecular flexibility index (Phi) is 4.79. The Labute approximate surface area is 161 Å². The van der Waals surface area contributed by atoms with Gasteiger partial charge < -0.3 is 22.1 Å². The molecule has 1 fully saturated rings. The van der Waals surface area contributed by atoms with Crippen LogP contribution >= 0.6 is 0 Å². The van der Waals surface area contributed by atoms with Crippen molar-refractivity contribution in [3.8, 4) is 0 Å². The van der Waals surface area contributed by atoms with Crippen molar-refractivity contribution in [1.82, 2.24) is 9.97 Å². The number of halogens is 1. The van der Waals surface area contributed by atoms with E-state index in [2.05, 4.69) is 20.6 Å². The maximum absolute atomic E-state index is 14.5. The van der Waals surface area contributed by atoms with E-state index >= 15 is 0 Å². The van der Waals surface area contributed by atoms with E-state index in [0.29, 0.717) is 5.69 Å². The van der Waals surface area contributed by atoms with Gasteiger partial charge in [0, 0.05) is 29.4 Å². The van der Waals surface area contributed by atoms with Gasteiger partial charge in [0.2, 0.25) is 0 Å². The van der Waals surface area contributed by atoms with Crippen molar-refractivity contribution >= 4 is 34.1 Å². The number of hydrogen-bond donors (Lipinski definition) is 4. The van der Waals surface area contributed by atoms with E-state index in [4.69, 9.17) is 11.5 Å². The summed E-state index contributed by atoms with van der Waals surface area (Å²) in [5.41, 5.74) is 13.0. The molecule has 1 aliphatic rings. The first-order chi connectivity index (χ1) is 13.5. The van der Waals surface area contributed by atoms with Gasteiger partial charge in [-0.3, -0.25) is 9.78 Å². The van der Waals surface area contributed by atoms with E-state index in [-0.39, 0.29) is 29.3 Å². The molecule has 2 aromatic heterocycles. The number of nitrogens with one attached hydrogen (secondary N) is 2. The van der Waals surface area contributed by atoms with Crippen molar-refractivity contribution in [1.29, 1.82) is 0 Å². The number of carbonyl (C=O) groups excluding carboxylic acids is 1. The molecular formula is C20H21FN6O. The highest BCUT2D eigenvalue weighted by atomic mass is 19.1. The van der Waals surface area contributed by atoms with Crippen LogP contribution in [0.1, 0.15) is 29.6 Å². The standard InChI is InChI=1S/C20H21FN6O/c21-14-10-13(18(23)28)19(27-20(14)26-17-5-1-4-15(17)22)25-12-6-7-16-11(9-12)3-2-8-24-16/h2-3,6-10,15,17H,1,4-5,22H2,(H2,23,28)(H2,25,26,27). The zero-order valence-corrected chi connectivity index (χ0v) is 15.2. The molecule has 1 amide bonds. The number of aromatic nitrogens is 2. The first-order valence-corrected chi connectivity index (χ1v) is 9.15. The summed E-state index contributed by atoms with van der Waals surface area (Å²) in [5.74, 6) is -1.16. The molecule has 0 saturated heterocycles. The Morgan fingerprint density at radius 1 is 1.18 bits per heavy atom. The monoisotopic (exact) mass is 380 g/mol. The number of anilines is 3. The number of primary amides is 1. The highest BCUT2D eigenvalue weighted by Gasteiger charge is 2.26. The molecule has 28 heavy (non-hydrogen) atoms. The molecule has 3 aromatic rings. The van der Waals surface area contributed by atoms with Gasteiger partial charge in [0.25, 0.3) is 5.91 Å². The Morgan fingerprint density at radius 2 is 2.04 bits per heavy atom. The summed E-state index contributed by atoms with van der Waals surface area (Å²) in [6, 6.07) is 10.3. The Balaban J connectivity index is 1.68. The fourth-order valence-electron chi connectivity index (χ4n) is 3.51. The summed E-state index contributed by atoms with van der Waals surface area (Å²) in [6.45, 7) is 0. The number of amides is 1. The quantitative estimate of drug-likeness (QED) is 0.540. The number of nitrogens with zero attached hydrogens (tertiary/aromatic N) is 2. The summed E-state index contributed by atoms with van der Waals surface area (Å²) >= 11 is 0. The van der Waals surface area contributed by atoms with Gasteiger partial charge in [0.15, 0.2) is 11.6 Å². The van der Waals surface area contributed by atoms with E-state index in [1.165, 1.54) is 0 Å². The Morgan fingerprint density at radius 3 is 2.79 bits per heavy atom. The minimum atomic E-state index is -0.763. The van der Waals surface area contributed by atoms with Crippen LogP contribution in [0.5, 0.6) is 0 Å². The fraction of sp³-hybridized carbons (Fsp3) is 0.250. The van der Waals surface area contributed by atoms with E-state index in [0.717, 1.165) is 36.2 Å². The van der Waals surface area contributed by atoms with Gasteiger partial charge in [-0.2, -0.15) is 0 Å². The minimum Gasteiger partial charge on any atom is -0.365 e. The second-order valence-corrected chi connectivity index (χ2v) is 6.96. The SMILES string of the molecule is NC(=O)c1cc(F)c(NC2CCCC2N)nc1Nc1ccc2ncccc2c1. The molecule has 0 radical (unpaired) electrons. The molecule has 6 N–H and O–H groups in total. The van der Waals surface area contributed by atoms with Gasteiger partial charge in [0.05, 0.1) is 11.1 Å². The summed E-state index contributed by atoms with van der Waals surface area (Å²) < 4.78 is 14.5. The zero-order valence-electron chi connectivity index (χ0n) is 15.2. The zero-order chi connectivity index (χ0) is 19.7. The largest absolute Gasteiger partial charge is 0.365 e. The molecule has 2 heterocycles. The maximum atomic E-state index is 14.5. The molecular weight excluding hydrogens is 359 g/mol. The van der Waals surface area contributed by atoms with Crippen molar-refractivity contribution in [2.24, 2.45) is 11.5 Å². The minimum absolute atomic E-state index is 0.0231. The van der Waals surface area contributed by atoms with Crippen LogP contribution in [0.2, 0.25) is 0 Å². The van der Waals surface area contributed by atoms with Crippen LogP contribution in [0.25, 0.3) is 10.9 Å². The smallest absolute Gasteiger partial charge is 0.252 e. The number of pyridine rings is 2. The molecule has 8 heteroatoms. The second kappa shape index (κ2) is 7.40. The van der Waals surface area contributed by atoms with E-state index < -0.39 is 11.7 Å². The maximum Gasteiger partial charge on any atom is 0.252 e. The van der Waals surface area contributed by atoms with Gasteiger partial charge >= 0.3 is 0 Å². The van der Waals surface area contributed by atoms with Gasteiger partial charge in [-0.05, 0) is 49.6 Å². The van der Waals surface area contributed by atoms with Gasteiger partial charge in [0.1, 0.15) is 5.82 Å². The lowest BCUT2D eigenvalue weighted by Gasteiger charge is -2.20. The number of benzene rings is 1. The van der Waals surface area contributed by atoms with Crippen LogP contribution in [0.3, 0.4) is 0 Å². The number of rotatable bonds is 5. The van der Waals surface area contributed by atoms with Gasteiger partial charge in [-0.15, -0.1) is 0 Å². The number of fused-ring (bicyclic) bond motifs is 1. The average molecular weight is 380 g/mol. The second-order valence-electron chi connectivity index (χ2n) is 6.96. The third kappa shape index (κ3) is 3.59. The topological polar surface area (TPSA) is 119 Å². The van der Waals surface area contributed by atoms with Crippen LogP contribution in [-0.4, -0.2) is 28.0 Å². The van der Waals surface area contributed by atoms with Gasteiger partial charge in [-0.25, -0.2) is 9.37 Å². The molecule has 144 valence electrons. The molecule has 7 nitrogen and oxygen atoms in total. The summed E-state index contributed by atoms with van der Waals surface area (Å²) in [4.78, 5) is 20.4. The molecule has 1 aliphatic carbocycles. The molecule has 1 saturated carbocycles. The lowest BCUT2D eigenvalue weighted by molar-refractivity contribution is 0.100. The molecule has 0 bridgehead atoms. The molecule has 1 aromatic carbocycles. The molecule has 4 rings (SSSR count). The Hall–Kier alpha value is -3.26. The average Bonchev–Trinajstić information content (AvgIpc) is 3.08. The highest BCUT2D eigenvalue weighted by Crippen LogP contribution is 2.28. The van der Waals surface area contributed by atoms with Crippen molar-refractivity contribution in [2.75, 3.05) is 10.6 Å². The number of hydrogen-bond acceptors (Lipinski definition) is 6. The number of nitrogens with two attached hydrogens (primary N) is 2. The first kappa shape index (κ1) is 18.1. The van der Waals surface area contributed by atoms with E-state index in [1.807, 2.05) is 30.3 Å². The number of carbonyl (C=O) groups is 1. The fourth-order valence-corrected chi connectivity index (χ4v) is 3.51. The first-order valence-electron chi connectivity index (χ1n) is 9.15. The third-order valence-electron chi connectivity index (χ3n) is 5.00. The lowest BCUT2D eigenvalue weighted by Crippen LogP contribution is -2.35. The van der Waals surface area contributed by atoms with E-state index in [1.54, 1.807) is 6.20 Å². The molecule has 2 atom stereocenters. The van der Waals surface area contributed by atoms with Crippen molar-refractivity contribution in [2.45, 2.75) is 31.3 Å². The van der Waals surface area contributed by atoms with Crippen molar-refractivity contribution < 1.29 is 9.18 Å². The Bertz CT molecular complexity index is 1040. The predicted octanol–water partition coefficient (Wildman–Crippen LogP) is 2.90. The van der Waals surface area contributed by atoms with Crippen LogP contribution < -0.4 is 22.1 Å². The van der Waals surface area contributed by atoms with Crippen molar-refractivity contribution in [3.63, 3.8) is 0 Å². The normalized spacial score (nSPS) is 18.9. The van der Waals surface area contributed by atoms with Crippen LogP contribution in [0.4, 0.5) is 21.7 Å². The van der Waals surface area contributed by atoms with E-state index in [9.17, 15) is 9.18 Å². The lowest BCUT2D eigenvalue weighted by atomic mass is 10.1. The molecule has 0 spiro atoms. The summed E-state index contributed by atoms with van der Waals surface area (Å²) in [7, 11) is 0. The van der Waals surface area contributed by atoms with Gasteiger partial charge in [-0.1, -0.05) is 6.07 Å². The third-order valence-corrected chi connectivity index (χ3v) is 5.00. The van der Waals surface area contributed by atoms with Crippen LogP contribution in [0, 0.1) is 5.82 Å². The predicted molar refractivity (Wildman–Crippen MR) is 107 cm³/mol. The van der Waals surface area contributed by atoms with Crippen LogP contribution in [0.15, 0.2) is 42.6 Å². The molecule has 2 unspecified atom stereocenters. The van der Waals surface area contributed by atoms with Crippen molar-refractivity contribution in [3.05, 3.63) is 54.0 Å².